The number of rotatable bonds is 4. The van der Waals surface area contributed by atoms with Gasteiger partial charge in [-0.2, -0.15) is 0 Å². The summed E-state index contributed by atoms with van der Waals surface area (Å²) < 4.78 is 0. The summed E-state index contributed by atoms with van der Waals surface area (Å²) in [5, 5.41) is 5.17. The number of aromatic nitrogens is 1. The highest BCUT2D eigenvalue weighted by molar-refractivity contribution is 6.30. The lowest BCUT2D eigenvalue weighted by Crippen LogP contribution is -2.36. The minimum Gasteiger partial charge on any atom is -0.380 e. The molecule has 1 fully saturated rings. The van der Waals surface area contributed by atoms with Crippen LogP contribution in [-0.4, -0.2) is 28.9 Å². The van der Waals surface area contributed by atoms with Gasteiger partial charge in [-0.1, -0.05) is 41.9 Å². The van der Waals surface area contributed by atoms with E-state index in [1.54, 1.807) is 6.20 Å². The monoisotopic (exact) mass is 379 g/mol. The minimum atomic E-state index is 0.0616. The highest BCUT2D eigenvalue weighted by Gasteiger charge is 2.22. The van der Waals surface area contributed by atoms with Crippen LogP contribution in [0.25, 0.3) is 10.9 Å². The average Bonchev–Trinajstić information content (AvgIpc) is 2.73. The van der Waals surface area contributed by atoms with Crippen LogP contribution in [0.2, 0.25) is 5.02 Å². The van der Waals surface area contributed by atoms with E-state index in [1.165, 1.54) is 6.42 Å². The first-order chi connectivity index (χ1) is 13.2. The van der Waals surface area contributed by atoms with E-state index in [9.17, 15) is 4.79 Å². The Morgan fingerprint density at radius 3 is 2.56 bits per heavy atom. The maximum absolute atomic E-state index is 13.1. The number of para-hydroxylation sites is 1. The summed E-state index contributed by atoms with van der Waals surface area (Å²) in [6.07, 6.45) is 5.05. The molecule has 2 aromatic carbocycles. The zero-order valence-corrected chi connectivity index (χ0v) is 15.9. The fourth-order valence-electron chi connectivity index (χ4n) is 3.55. The number of benzene rings is 2. The number of amides is 1. The predicted molar refractivity (Wildman–Crippen MR) is 110 cm³/mol. The maximum Gasteiger partial charge on any atom is 0.257 e. The Morgan fingerprint density at radius 1 is 1.04 bits per heavy atom. The number of nitrogens with zero attached hydrogens (tertiary/aromatic N) is 2. The molecular weight excluding hydrogens is 358 g/mol. The lowest BCUT2D eigenvalue weighted by molar-refractivity contribution is 0.0725. The number of fused-ring (bicyclic) bond motifs is 1. The number of carbonyl (C=O) groups excluding carboxylic acids is 1. The number of hydrogen-bond donors (Lipinski definition) is 1. The number of anilines is 1. The summed E-state index contributed by atoms with van der Waals surface area (Å²) >= 11 is 5.98. The van der Waals surface area contributed by atoms with Crippen molar-refractivity contribution in [2.24, 2.45) is 0 Å². The number of carbonyl (C=O) groups is 1. The third-order valence-electron chi connectivity index (χ3n) is 5.03. The van der Waals surface area contributed by atoms with Crippen molar-refractivity contribution >= 4 is 34.1 Å². The molecule has 0 bridgehead atoms. The van der Waals surface area contributed by atoms with E-state index in [2.05, 4.69) is 10.3 Å². The number of halogens is 1. The van der Waals surface area contributed by atoms with Gasteiger partial charge in [-0.25, -0.2) is 0 Å². The topological polar surface area (TPSA) is 45.2 Å². The zero-order chi connectivity index (χ0) is 18.6. The Morgan fingerprint density at radius 2 is 1.78 bits per heavy atom. The van der Waals surface area contributed by atoms with E-state index in [0.29, 0.717) is 17.1 Å². The van der Waals surface area contributed by atoms with Gasteiger partial charge in [0, 0.05) is 36.2 Å². The molecule has 0 spiro atoms. The fourth-order valence-corrected chi connectivity index (χ4v) is 3.68. The molecule has 0 aliphatic carbocycles. The maximum atomic E-state index is 13.1. The molecule has 27 heavy (non-hydrogen) atoms. The summed E-state index contributed by atoms with van der Waals surface area (Å²) in [7, 11) is 0. The second kappa shape index (κ2) is 7.97. The molecule has 0 atom stereocenters. The Balaban J connectivity index is 1.68. The third-order valence-corrected chi connectivity index (χ3v) is 5.28. The Hall–Kier alpha value is -2.59. The van der Waals surface area contributed by atoms with Crippen LogP contribution >= 0.6 is 11.6 Å². The molecule has 0 radical (unpaired) electrons. The molecule has 5 heteroatoms. The lowest BCUT2D eigenvalue weighted by Gasteiger charge is -2.27. The second-order valence-electron chi connectivity index (χ2n) is 6.90. The average molecular weight is 380 g/mol. The summed E-state index contributed by atoms with van der Waals surface area (Å²) in [5.41, 5.74) is 3.48. The number of pyridine rings is 1. The van der Waals surface area contributed by atoms with E-state index in [4.69, 9.17) is 11.6 Å². The van der Waals surface area contributed by atoms with Crippen LogP contribution in [-0.2, 0) is 6.54 Å². The van der Waals surface area contributed by atoms with Crippen molar-refractivity contribution in [1.82, 2.24) is 9.88 Å². The van der Waals surface area contributed by atoms with Crippen LogP contribution in [0.5, 0.6) is 0 Å². The van der Waals surface area contributed by atoms with Gasteiger partial charge < -0.3 is 10.2 Å². The fraction of sp³-hybridized carbons (Fsp3) is 0.273. The minimum absolute atomic E-state index is 0.0616. The molecular formula is C22H22ClN3O. The highest BCUT2D eigenvalue weighted by Crippen LogP contribution is 2.28. The summed E-state index contributed by atoms with van der Waals surface area (Å²) in [6, 6.07) is 15.7. The zero-order valence-electron chi connectivity index (χ0n) is 15.1. The molecule has 1 aliphatic rings. The van der Waals surface area contributed by atoms with Crippen LogP contribution in [0.15, 0.2) is 54.7 Å². The standard InChI is InChI=1S/C22H22ClN3O/c23-17-10-8-16(9-11-17)14-25-21-18-6-2-3-7-20(18)24-15-19(21)22(27)26-12-4-1-5-13-26/h2-3,6-11,15H,1,4-5,12-14H2,(H,24,25). The molecule has 0 saturated carbocycles. The van der Waals surface area contributed by atoms with Gasteiger partial charge in [0.25, 0.3) is 5.91 Å². The molecule has 1 saturated heterocycles. The molecule has 2 heterocycles. The summed E-state index contributed by atoms with van der Waals surface area (Å²) in [4.78, 5) is 19.6. The van der Waals surface area contributed by atoms with Crippen molar-refractivity contribution in [3.63, 3.8) is 0 Å². The van der Waals surface area contributed by atoms with Gasteiger partial charge in [-0.3, -0.25) is 9.78 Å². The van der Waals surface area contributed by atoms with Gasteiger partial charge in [-0.15, -0.1) is 0 Å². The quantitative estimate of drug-likeness (QED) is 0.683. The van der Waals surface area contributed by atoms with Crippen LogP contribution in [0.4, 0.5) is 5.69 Å². The second-order valence-corrected chi connectivity index (χ2v) is 7.33. The van der Waals surface area contributed by atoms with Gasteiger partial charge in [0.2, 0.25) is 0 Å². The van der Waals surface area contributed by atoms with E-state index in [0.717, 1.165) is 48.1 Å². The number of likely N-dealkylation sites (tertiary alicyclic amines) is 1. The lowest BCUT2D eigenvalue weighted by atomic mass is 10.1. The number of nitrogens with one attached hydrogen (secondary N) is 1. The Bertz CT molecular complexity index is 949. The van der Waals surface area contributed by atoms with E-state index in [1.807, 2.05) is 53.4 Å². The molecule has 1 amide bonds. The SMILES string of the molecule is O=C(c1cnc2ccccc2c1NCc1ccc(Cl)cc1)N1CCCCC1. The Kier molecular flexibility index (Phi) is 5.26. The highest BCUT2D eigenvalue weighted by atomic mass is 35.5. The molecule has 138 valence electrons. The van der Waals surface area contributed by atoms with Crippen molar-refractivity contribution in [2.45, 2.75) is 25.8 Å². The molecule has 1 N–H and O–H groups in total. The Labute approximate surface area is 164 Å². The van der Waals surface area contributed by atoms with Gasteiger partial charge in [0.05, 0.1) is 16.8 Å². The van der Waals surface area contributed by atoms with E-state index in [-0.39, 0.29) is 5.91 Å². The van der Waals surface area contributed by atoms with Crippen LogP contribution in [0, 0.1) is 0 Å². The number of piperidine rings is 1. The largest absolute Gasteiger partial charge is 0.380 e. The first-order valence-electron chi connectivity index (χ1n) is 9.38. The molecule has 1 aromatic heterocycles. The molecule has 3 aromatic rings. The number of hydrogen-bond acceptors (Lipinski definition) is 3. The van der Waals surface area contributed by atoms with Gasteiger partial charge in [0.15, 0.2) is 0 Å². The third kappa shape index (κ3) is 3.91. The van der Waals surface area contributed by atoms with Crippen molar-refractivity contribution in [3.8, 4) is 0 Å². The first kappa shape index (κ1) is 17.8. The predicted octanol–water partition coefficient (Wildman–Crippen LogP) is 5.13. The molecule has 1 aliphatic heterocycles. The van der Waals surface area contributed by atoms with Crippen LogP contribution < -0.4 is 5.32 Å². The smallest absolute Gasteiger partial charge is 0.257 e. The van der Waals surface area contributed by atoms with Gasteiger partial charge >= 0.3 is 0 Å². The summed E-state index contributed by atoms with van der Waals surface area (Å²) in [5.74, 6) is 0.0616. The molecule has 4 rings (SSSR count). The van der Waals surface area contributed by atoms with Crippen molar-refractivity contribution in [2.75, 3.05) is 18.4 Å². The first-order valence-corrected chi connectivity index (χ1v) is 9.75. The van der Waals surface area contributed by atoms with Crippen molar-refractivity contribution in [3.05, 3.63) is 70.9 Å². The van der Waals surface area contributed by atoms with E-state index < -0.39 is 0 Å². The normalized spacial score (nSPS) is 14.3. The van der Waals surface area contributed by atoms with Crippen molar-refractivity contribution < 1.29 is 4.79 Å². The van der Waals surface area contributed by atoms with Crippen LogP contribution in [0.3, 0.4) is 0 Å². The summed E-state index contributed by atoms with van der Waals surface area (Å²) in [6.45, 7) is 2.26. The van der Waals surface area contributed by atoms with Gasteiger partial charge in [-0.05, 0) is 43.0 Å². The van der Waals surface area contributed by atoms with Crippen LogP contribution in [0.1, 0.15) is 35.2 Å². The van der Waals surface area contributed by atoms with Gasteiger partial charge in [0.1, 0.15) is 0 Å². The van der Waals surface area contributed by atoms with E-state index >= 15 is 0 Å². The molecule has 4 nitrogen and oxygen atoms in total. The molecule has 0 unspecified atom stereocenters. The van der Waals surface area contributed by atoms with Crippen molar-refractivity contribution in [1.29, 1.82) is 0 Å².